The zero-order valence-corrected chi connectivity index (χ0v) is 11.6. The number of anilines is 1. The van der Waals surface area contributed by atoms with Gasteiger partial charge in [-0.2, -0.15) is 0 Å². The summed E-state index contributed by atoms with van der Waals surface area (Å²) in [6.45, 7) is 3.77. The second kappa shape index (κ2) is 6.67. The van der Waals surface area contributed by atoms with E-state index in [0.717, 1.165) is 31.7 Å². The maximum Gasteiger partial charge on any atom is 0.317 e. The smallest absolute Gasteiger partial charge is 0.317 e. The van der Waals surface area contributed by atoms with E-state index in [1.54, 1.807) is 12.1 Å². The summed E-state index contributed by atoms with van der Waals surface area (Å²) >= 11 is 0. The van der Waals surface area contributed by atoms with Gasteiger partial charge < -0.3 is 20.2 Å². The lowest BCUT2D eigenvalue weighted by Crippen LogP contribution is -2.44. The summed E-state index contributed by atoms with van der Waals surface area (Å²) < 4.78 is 13.9. The average molecular weight is 281 g/mol. The number of carbonyl (C=O) groups is 1. The molecule has 0 aliphatic carbocycles. The molecular formula is C14H20FN3O2. The van der Waals surface area contributed by atoms with Crippen LogP contribution in [-0.4, -0.2) is 55.7 Å². The third-order valence-electron chi connectivity index (χ3n) is 3.46. The SMILES string of the molecule is CN1CCN(c2cc(CNCC(=O)O)ccc2F)CC1. The number of likely N-dealkylation sites (N-methyl/N-ethyl adjacent to an activating group) is 1. The minimum Gasteiger partial charge on any atom is -0.480 e. The molecule has 0 aromatic heterocycles. The van der Waals surface area contributed by atoms with Gasteiger partial charge in [-0.25, -0.2) is 4.39 Å². The molecule has 1 fully saturated rings. The Morgan fingerprint density at radius 1 is 1.35 bits per heavy atom. The van der Waals surface area contributed by atoms with Crippen molar-refractivity contribution >= 4 is 11.7 Å². The summed E-state index contributed by atoms with van der Waals surface area (Å²) in [5.74, 6) is -1.12. The Balaban J connectivity index is 2.02. The van der Waals surface area contributed by atoms with E-state index >= 15 is 0 Å². The number of carboxylic acids is 1. The molecule has 0 spiro atoms. The lowest BCUT2D eigenvalue weighted by Gasteiger charge is -2.34. The molecule has 0 atom stereocenters. The summed E-state index contributed by atoms with van der Waals surface area (Å²) in [5, 5.41) is 11.4. The molecule has 110 valence electrons. The maximum atomic E-state index is 13.9. The van der Waals surface area contributed by atoms with Gasteiger partial charge in [0.1, 0.15) is 5.82 Å². The van der Waals surface area contributed by atoms with Gasteiger partial charge in [0.25, 0.3) is 0 Å². The first-order chi connectivity index (χ1) is 9.56. The van der Waals surface area contributed by atoms with Gasteiger partial charge in [-0.05, 0) is 24.7 Å². The Morgan fingerprint density at radius 2 is 2.05 bits per heavy atom. The standard InChI is InChI=1S/C14H20FN3O2/c1-17-4-6-18(7-5-17)13-8-11(2-3-12(13)15)9-16-10-14(19)20/h2-3,8,16H,4-7,9-10H2,1H3,(H,19,20). The summed E-state index contributed by atoms with van der Waals surface area (Å²) in [6, 6.07) is 4.94. The molecule has 0 saturated carbocycles. The normalized spacial score (nSPS) is 16.4. The first-order valence-corrected chi connectivity index (χ1v) is 6.70. The van der Waals surface area contributed by atoms with Crippen LogP contribution in [0.1, 0.15) is 5.56 Å². The van der Waals surface area contributed by atoms with Crippen molar-refractivity contribution in [3.05, 3.63) is 29.6 Å². The molecule has 1 aliphatic heterocycles. The fraction of sp³-hybridized carbons (Fsp3) is 0.500. The number of piperazine rings is 1. The van der Waals surface area contributed by atoms with Crippen molar-refractivity contribution in [2.75, 3.05) is 44.7 Å². The second-order valence-electron chi connectivity index (χ2n) is 5.07. The van der Waals surface area contributed by atoms with Crippen LogP contribution >= 0.6 is 0 Å². The number of hydrogen-bond donors (Lipinski definition) is 2. The molecule has 1 aromatic rings. The third-order valence-corrected chi connectivity index (χ3v) is 3.46. The van der Waals surface area contributed by atoms with Gasteiger partial charge in [-0.3, -0.25) is 4.79 Å². The van der Waals surface area contributed by atoms with Gasteiger partial charge >= 0.3 is 5.97 Å². The van der Waals surface area contributed by atoms with Crippen LogP contribution in [0.25, 0.3) is 0 Å². The zero-order valence-electron chi connectivity index (χ0n) is 11.6. The van der Waals surface area contributed by atoms with Crippen molar-refractivity contribution in [2.45, 2.75) is 6.54 Å². The highest BCUT2D eigenvalue weighted by atomic mass is 19.1. The van der Waals surface area contributed by atoms with Crippen molar-refractivity contribution in [3.8, 4) is 0 Å². The van der Waals surface area contributed by atoms with E-state index in [1.165, 1.54) is 6.07 Å². The van der Waals surface area contributed by atoms with E-state index in [0.29, 0.717) is 12.2 Å². The molecule has 6 heteroatoms. The minimum absolute atomic E-state index is 0.0960. The van der Waals surface area contributed by atoms with Crippen molar-refractivity contribution in [3.63, 3.8) is 0 Å². The molecule has 1 saturated heterocycles. The summed E-state index contributed by atoms with van der Waals surface area (Å²) in [7, 11) is 2.06. The van der Waals surface area contributed by atoms with Gasteiger partial charge in [0.2, 0.25) is 0 Å². The monoisotopic (exact) mass is 281 g/mol. The number of aliphatic carboxylic acids is 1. The molecule has 0 bridgehead atoms. The molecular weight excluding hydrogens is 261 g/mol. The summed E-state index contributed by atoms with van der Waals surface area (Å²) in [5.41, 5.74) is 1.49. The second-order valence-corrected chi connectivity index (χ2v) is 5.07. The Kier molecular flexibility index (Phi) is 4.92. The van der Waals surface area contributed by atoms with Gasteiger partial charge in [0.05, 0.1) is 12.2 Å². The maximum absolute atomic E-state index is 13.9. The molecule has 2 N–H and O–H groups in total. The molecule has 0 radical (unpaired) electrons. The van der Waals surface area contributed by atoms with Crippen molar-refractivity contribution in [1.29, 1.82) is 0 Å². The topological polar surface area (TPSA) is 55.8 Å². The molecule has 20 heavy (non-hydrogen) atoms. The lowest BCUT2D eigenvalue weighted by molar-refractivity contribution is -0.135. The summed E-state index contributed by atoms with van der Waals surface area (Å²) in [6.07, 6.45) is 0. The van der Waals surface area contributed by atoms with Crippen LogP contribution in [0.2, 0.25) is 0 Å². The highest BCUT2D eigenvalue weighted by Crippen LogP contribution is 2.22. The predicted molar refractivity (Wildman–Crippen MR) is 75.5 cm³/mol. The van der Waals surface area contributed by atoms with Gasteiger partial charge in [0.15, 0.2) is 0 Å². The molecule has 0 unspecified atom stereocenters. The highest BCUT2D eigenvalue weighted by molar-refractivity contribution is 5.69. The summed E-state index contributed by atoms with van der Waals surface area (Å²) in [4.78, 5) is 14.7. The van der Waals surface area contributed by atoms with Crippen LogP contribution in [0, 0.1) is 5.82 Å². The van der Waals surface area contributed by atoms with Crippen LogP contribution in [0.15, 0.2) is 18.2 Å². The van der Waals surface area contributed by atoms with Gasteiger partial charge in [-0.15, -0.1) is 0 Å². The van der Waals surface area contributed by atoms with E-state index < -0.39 is 5.97 Å². The Hall–Kier alpha value is -1.66. The molecule has 5 nitrogen and oxygen atoms in total. The fourth-order valence-electron chi connectivity index (χ4n) is 2.27. The number of carboxylic acid groups (broad SMARTS) is 1. The fourth-order valence-corrected chi connectivity index (χ4v) is 2.27. The zero-order chi connectivity index (χ0) is 14.5. The number of nitrogens with one attached hydrogen (secondary N) is 1. The van der Waals surface area contributed by atoms with E-state index in [4.69, 9.17) is 5.11 Å². The Morgan fingerprint density at radius 3 is 2.70 bits per heavy atom. The van der Waals surface area contributed by atoms with Crippen molar-refractivity contribution in [1.82, 2.24) is 10.2 Å². The van der Waals surface area contributed by atoms with Crippen molar-refractivity contribution in [2.24, 2.45) is 0 Å². The van der Waals surface area contributed by atoms with Crippen LogP contribution in [-0.2, 0) is 11.3 Å². The average Bonchev–Trinajstić information content (AvgIpc) is 2.41. The van der Waals surface area contributed by atoms with Crippen LogP contribution in [0.3, 0.4) is 0 Å². The Bertz CT molecular complexity index is 473. The molecule has 2 rings (SSSR count). The van der Waals surface area contributed by atoms with E-state index in [9.17, 15) is 9.18 Å². The van der Waals surface area contributed by atoms with E-state index in [2.05, 4.69) is 17.3 Å². The first-order valence-electron chi connectivity index (χ1n) is 6.70. The number of hydrogen-bond acceptors (Lipinski definition) is 4. The highest BCUT2D eigenvalue weighted by Gasteiger charge is 2.17. The number of benzene rings is 1. The van der Waals surface area contributed by atoms with E-state index in [-0.39, 0.29) is 12.4 Å². The molecule has 1 aliphatic rings. The predicted octanol–water partition coefficient (Wildman–Crippen LogP) is 0.752. The number of halogens is 1. The molecule has 1 aromatic carbocycles. The minimum atomic E-state index is -0.897. The first kappa shape index (κ1) is 14.7. The quantitative estimate of drug-likeness (QED) is 0.834. The molecule has 1 heterocycles. The van der Waals surface area contributed by atoms with Crippen LogP contribution < -0.4 is 10.2 Å². The van der Waals surface area contributed by atoms with Crippen LogP contribution in [0.4, 0.5) is 10.1 Å². The Labute approximate surface area is 118 Å². The lowest BCUT2D eigenvalue weighted by atomic mass is 10.1. The van der Waals surface area contributed by atoms with Gasteiger partial charge in [0, 0.05) is 32.7 Å². The van der Waals surface area contributed by atoms with Gasteiger partial charge in [-0.1, -0.05) is 6.07 Å². The number of rotatable bonds is 5. The molecule has 0 amide bonds. The third kappa shape index (κ3) is 3.91. The van der Waals surface area contributed by atoms with E-state index in [1.807, 2.05) is 4.90 Å². The van der Waals surface area contributed by atoms with Crippen LogP contribution in [0.5, 0.6) is 0 Å². The number of nitrogens with zero attached hydrogens (tertiary/aromatic N) is 2. The van der Waals surface area contributed by atoms with Crippen molar-refractivity contribution < 1.29 is 14.3 Å². The largest absolute Gasteiger partial charge is 0.480 e.